The number of aliphatic hydroxyl groups is 3. The summed E-state index contributed by atoms with van der Waals surface area (Å²) in [6.07, 6.45) is 3.02. The van der Waals surface area contributed by atoms with Gasteiger partial charge in [-0.25, -0.2) is 4.79 Å². The molecule has 0 spiro atoms. The molecular formula is C26H46NO8P. The van der Waals surface area contributed by atoms with Crippen molar-refractivity contribution in [3.05, 3.63) is 0 Å². The van der Waals surface area contributed by atoms with Crippen LogP contribution >= 0.6 is 9.24 Å². The van der Waals surface area contributed by atoms with Gasteiger partial charge in [0, 0.05) is 12.5 Å². The fourth-order valence-electron chi connectivity index (χ4n) is 5.36. The van der Waals surface area contributed by atoms with Crippen molar-refractivity contribution >= 4 is 26.9 Å². The van der Waals surface area contributed by atoms with E-state index in [1.54, 1.807) is 6.92 Å². The van der Waals surface area contributed by atoms with E-state index in [0.29, 0.717) is 38.5 Å². The summed E-state index contributed by atoms with van der Waals surface area (Å²) in [5.41, 5.74) is 0. The summed E-state index contributed by atoms with van der Waals surface area (Å²) in [5, 5.41) is 30.5. The van der Waals surface area contributed by atoms with Gasteiger partial charge in [0.25, 0.3) is 11.7 Å². The van der Waals surface area contributed by atoms with Crippen LogP contribution in [0.1, 0.15) is 86.0 Å². The highest BCUT2D eigenvalue weighted by molar-refractivity contribution is 7.17. The van der Waals surface area contributed by atoms with Crippen LogP contribution in [0.2, 0.25) is 0 Å². The lowest BCUT2D eigenvalue weighted by atomic mass is 9.79. The van der Waals surface area contributed by atoms with E-state index in [4.69, 9.17) is 9.47 Å². The molecule has 0 aromatic heterocycles. The summed E-state index contributed by atoms with van der Waals surface area (Å²) in [7, 11) is 2.42. The standard InChI is InChI=1S/C24H40NO8P.C2H6/c1-13(11-16-7-8-18(26)19(27)12-16)15(3)32-23(30)17-5-4-10-25(17)22(29)21(28)24(31)14(2)6-9-20(34)33-24;1-2/h13-20,26-27,31H,4-12,34H2,1-3H3;1-2H3. The lowest BCUT2D eigenvalue weighted by Gasteiger charge is -2.39. The second kappa shape index (κ2) is 13.6. The van der Waals surface area contributed by atoms with Crippen molar-refractivity contribution < 1.29 is 39.2 Å². The number of ketones is 1. The van der Waals surface area contributed by atoms with Gasteiger partial charge in [0.05, 0.1) is 18.1 Å². The molecule has 36 heavy (non-hydrogen) atoms. The summed E-state index contributed by atoms with van der Waals surface area (Å²) in [6.45, 7) is 9.70. The summed E-state index contributed by atoms with van der Waals surface area (Å²) in [6, 6.07) is -0.868. The molecule has 1 amide bonds. The zero-order valence-corrected chi connectivity index (χ0v) is 23.5. The minimum atomic E-state index is -2.20. The lowest BCUT2D eigenvalue weighted by molar-refractivity contribution is -0.247. The molecule has 10 unspecified atom stereocenters. The van der Waals surface area contributed by atoms with Crippen molar-refractivity contribution in [3.8, 4) is 0 Å². The normalized spacial score (nSPS) is 36.3. The van der Waals surface area contributed by atoms with Crippen molar-refractivity contribution in [1.29, 1.82) is 0 Å². The number of esters is 1. The van der Waals surface area contributed by atoms with Gasteiger partial charge in [0.1, 0.15) is 12.1 Å². The van der Waals surface area contributed by atoms with Gasteiger partial charge in [-0.3, -0.25) is 9.59 Å². The number of carbonyl (C=O) groups is 3. The fourth-order valence-corrected chi connectivity index (χ4v) is 5.76. The highest BCUT2D eigenvalue weighted by atomic mass is 31.0. The first-order valence-electron chi connectivity index (χ1n) is 13.5. The molecule has 3 aliphatic rings. The maximum absolute atomic E-state index is 13.0. The molecule has 10 atom stereocenters. The third-order valence-electron chi connectivity index (χ3n) is 7.89. The van der Waals surface area contributed by atoms with E-state index in [1.807, 2.05) is 27.7 Å². The van der Waals surface area contributed by atoms with Crippen LogP contribution < -0.4 is 0 Å². The van der Waals surface area contributed by atoms with E-state index in [-0.39, 0.29) is 18.4 Å². The van der Waals surface area contributed by atoms with E-state index < -0.39 is 59.6 Å². The molecular weight excluding hydrogens is 485 g/mol. The van der Waals surface area contributed by atoms with Gasteiger partial charge in [-0.15, -0.1) is 9.24 Å². The monoisotopic (exact) mass is 531 g/mol. The number of hydrogen-bond acceptors (Lipinski definition) is 8. The molecule has 1 saturated carbocycles. The topological polar surface area (TPSA) is 134 Å². The molecule has 3 N–H and O–H groups in total. The Kier molecular flexibility index (Phi) is 11.8. The Bertz CT molecular complexity index is 766. The summed E-state index contributed by atoms with van der Waals surface area (Å²) in [4.78, 5) is 40.2. The third kappa shape index (κ3) is 7.25. The van der Waals surface area contributed by atoms with Crippen LogP contribution in [0.4, 0.5) is 0 Å². The second-order valence-electron chi connectivity index (χ2n) is 10.5. The molecule has 0 aromatic carbocycles. The minimum Gasteiger partial charge on any atom is -0.461 e. The predicted octanol–water partition coefficient (Wildman–Crippen LogP) is 2.39. The van der Waals surface area contributed by atoms with Crippen LogP contribution in [0.5, 0.6) is 0 Å². The van der Waals surface area contributed by atoms with Crippen LogP contribution in [0, 0.1) is 17.8 Å². The van der Waals surface area contributed by atoms with E-state index in [1.165, 1.54) is 4.90 Å². The van der Waals surface area contributed by atoms with Gasteiger partial charge in [-0.2, -0.15) is 0 Å². The number of ether oxygens (including phenoxy) is 2. The van der Waals surface area contributed by atoms with Crippen LogP contribution in [0.3, 0.4) is 0 Å². The van der Waals surface area contributed by atoms with Crippen LogP contribution in [0.25, 0.3) is 0 Å². The SMILES string of the molecule is CC.CC(CC1CCC(O)C(O)C1)C(C)OC(=O)C1CCCN1C(=O)C(=O)C1(O)OC(P)CCC1C. The number of aliphatic hydroxyl groups excluding tert-OH is 2. The molecule has 9 nitrogen and oxygen atoms in total. The second-order valence-corrected chi connectivity index (χ2v) is 11.2. The average Bonchev–Trinajstić information content (AvgIpc) is 3.34. The van der Waals surface area contributed by atoms with Crippen LogP contribution in [0.15, 0.2) is 0 Å². The first-order valence-corrected chi connectivity index (χ1v) is 14.2. The molecule has 3 rings (SSSR count). The highest BCUT2D eigenvalue weighted by Crippen LogP contribution is 2.36. The maximum Gasteiger partial charge on any atom is 0.329 e. The number of Topliss-reactive ketones (excluding diaryl/α,β-unsaturated/α-hetero) is 1. The summed E-state index contributed by atoms with van der Waals surface area (Å²) in [5.74, 6) is -5.38. The largest absolute Gasteiger partial charge is 0.461 e. The summed E-state index contributed by atoms with van der Waals surface area (Å²) >= 11 is 0. The van der Waals surface area contributed by atoms with Crippen molar-refractivity contribution in [2.45, 2.75) is 122 Å². The van der Waals surface area contributed by atoms with Crippen molar-refractivity contribution in [3.63, 3.8) is 0 Å². The number of hydrogen-bond donors (Lipinski definition) is 3. The maximum atomic E-state index is 13.0. The Morgan fingerprint density at radius 1 is 1.08 bits per heavy atom. The Balaban J connectivity index is 0.00000222. The minimum absolute atomic E-state index is 0.0276. The zero-order chi connectivity index (χ0) is 27.2. The Hall–Kier alpha value is -1.12. The van der Waals surface area contributed by atoms with E-state index >= 15 is 0 Å². The Morgan fingerprint density at radius 3 is 2.39 bits per heavy atom. The number of nitrogens with zero attached hydrogens (tertiary/aromatic N) is 1. The quantitative estimate of drug-likeness (QED) is 0.259. The highest BCUT2D eigenvalue weighted by Gasteiger charge is 2.52. The van der Waals surface area contributed by atoms with Gasteiger partial charge in [-0.1, -0.05) is 27.7 Å². The number of rotatable bonds is 7. The van der Waals surface area contributed by atoms with Gasteiger partial charge >= 0.3 is 5.97 Å². The number of carbonyl (C=O) groups excluding carboxylic acids is 3. The third-order valence-corrected chi connectivity index (χ3v) is 8.36. The van der Waals surface area contributed by atoms with E-state index in [9.17, 15) is 29.7 Å². The summed E-state index contributed by atoms with van der Waals surface area (Å²) < 4.78 is 11.2. The Morgan fingerprint density at radius 2 is 1.75 bits per heavy atom. The molecule has 2 heterocycles. The smallest absolute Gasteiger partial charge is 0.329 e. The van der Waals surface area contributed by atoms with Gasteiger partial charge in [-0.05, 0) is 70.1 Å². The molecule has 0 bridgehead atoms. The molecule has 10 heteroatoms. The predicted molar refractivity (Wildman–Crippen MR) is 138 cm³/mol. The molecule has 208 valence electrons. The number of amides is 1. The van der Waals surface area contributed by atoms with Gasteiger partial charge in [0.15, 0.2) is 0 Å². The van der Waals surface area contributed by atoms with Crippen LogP contribution in [-0.4, -0.2) is 80.4 Å². The first kappa shape index (κ1) is 31.1. The zero-order valence-electron chi connectivity index (χ0n) is 22.4. The number of likely N-dealkylation sites (tertiary alicyclic amines) is 1. The average molecular weight is 532 g/mol. The molecule has 1 aliphatic carbocycles. The van der Waals surface area contributed by atoms with E-state index in [0.717, 1.165) is 12.8 Å². The molecule has 0 radical (unpaired) electrons. The molecule has 2 saturated heterocycles. The van der Waals surface area contributed by atoms with E-state index in [2.05, 4.69) is 9.24 Å². The van der Waals surface area contributed by atoms with Gasteiger partial charge < -0.3 is 29.7 Å². The van der Waals surface area contributed by atoms with Crippen molar-refractivity contribution in [1.82, 2.24) is 4.90 Å². The first-order chi connectivity index (χ1) is 16.9. The lowest BCUT2D eigenvalue weighted by Crippen LogP contribution is -2.58. The fraction of sp³-hybridized carbons (Fsp3) is 0.885. The van der Waals surface area contributed by atoms with Crippen molar-refractivity contribution in [2.24, 2.45) is 17.8 Å². The molecule has 0 aromatic rings. The van der Waals surface area contributed by atoms with Crippen molar-refractivity contribution in [2.75, 3.05) is 6.54 Å². The molecule has 3 fully saturated rings. The Labute approximate surface area is 217 Å². The molecule has 2 aliphatic heterocycles. The van der Waals surface area contributed by atoms with Crippen LogP contribution in [-0.2, 0) is 23.9 Å². The van der Waals surface area contributed by atoms with Gasteiger partial charge in [0.2, 0.25) is 5.79 Å².